The number of hydrogen-bond donors (Lipinski definition) is 1. The molecule has 0 aliphatic rings. The van der Waals surface area contributed by atoms with Crippen LogP contribution in [0.5, 0.6) is 0 Å². The number of carbonyl (C=O) groups excluding carboxylic acids is 1. The third kappa shape index (κ3) is 4.17. The first-order valence-electron chi connectivity index (χ1n) is 10.00. The number of imidazole rings is 1. The predicted molar refractivity (Wildman–Crippen MR) is 125 cm³/mol. The first kappa shape index (κ1) is 20.4. The van der Waals surface area contributed by atoms with Crippen LogP contribution >= 0.6 is 15.9 Å². The van der Waals surface area contributed by atoms with Gasteiger partial charge in [-0.3, -0.25) is 4.79 Å². The Morgan fingerprint density at radius 3 is 2.67 bits per heavy atom. The van der Waals surface area contributed by atoms with Gasteiger partial charge in [-0.25, -0.2) is 4.98 Å². The largest absolute Gasteiger partial charge is 0.342 e. The van der Waals surface area contributed by atoms with E-state index in [-0.39, 0.29) is 11.9 Å². The van der Waals surface area contributed by atoms with Gasteiger partial charge in [0.05, 0.1) is 17.1 Å². The average molecular weight is 462 g/mol. The summed E-state index contributed by atoms with van der Waals surface area (Å²) in [6.45, 7) is 6.93. The van der Waals surface area contributed by atoms with Gasteiger partial charge < -0.3 is 9.88 Å². The maximum absolute atomic E-state index is 12.8. The standard InChI is InChI=1S/C25H24BrN3O/c1-16-11-12-17(2)20(13-16)15-29-23-10-5-4-9-22(23)28-24(29)18(3)27-25(30)19-7-6-8-21(26)14-19/h4-14,18H,15H2,1-3H3,(H,27,30). The average Bonchev–Trinajstić information content (AvgIpc) is 3.09. The number of fused-ring (bicyclic) bond motifs is 1. The fourth-order valence-corrected chi connectivity index (χ4v) is 4.11. The molecule has 4 nitrogen and oxygen atoms in total. The Balaban J connectivity index is 1.70. The Kier molecular flexibility index (Phi) is 5.73. The van der Waals surface area contributed by atoms with E-state index in [1.54, 1.807) is 0 Å². The van der Waals surface area contributed by atoms with Crippen LogP contribution in [0.1, 0.15) is 45.8 Å². The van der Waals surface area contributed by atoms with Crippen molar-refractivity contribution in [3.8, 4) is 0 Å². The normalized spacial score (nSPS) is 12.1. The van der Waals surface area contributed by atoms with Crippen LogP contribution in [0.3, 0.4) is 0 Å². The molecule has 3 aromatic carbocycles. The Morgan fingerprint density at radius 2 is 1.87 bits per heavy atom. The lowest BCUT2D eigenvalue weighted by atomic mass is 10.1. The molecule has 1 N–H and O–H groups in total. The molecular formula is C25H24BrN3O. The summed E-state index contributed by atoms with van der Waals surface area (Å²) in [4.78, 5) is 17.7. The van der Waals surface area contributed by atoms with Crippen LogP contribution < -0.4 is 5.32 Å². The summed E-state index contributed by atoms with van der Waals surface area (Å²) >= 11 is 3.43. The number of para-hydroxylation sites is 2. The van der Waals surface area contributed by atoms with E-state index in [0.717, 1.165) is 21.3 Å². The zero-order valence-corrected chi connectivity index (χ0v) is 18.9. The summed E-state index contributed by atoms with van der Waals surface area (Å²) < 4.78 is 3.09. The van der Waals surface area contributed by atoms with Crippen molar-refractivity contribution in [3.05, 3.63) is 99.3 Å². The molecule has 30 heavy (non-hydrogen) atoms. The van der Waals surface area contributed by atoms with Crippen LogP contribution in [0.4, 0.5) is 0 Å². The van der Waals surface area contributed by atoms with Crippen LogP contribution in [-0.4, -0.2) is 15.5 Å². The highest BCUT2D eigenvalue weighted by Crippen LogP contribution is 2.24. The van der Waals surface area contributed by atoms with E-state index in [4.69, 9.17) is 4.98 Å². The van der Waals surface area contributed by atoms with E-state index in [2.05, 4.69) is 63.9 Å². The molecule has 0 spiro atoms. The fourth-order valence-electron chi connectivity index (χ4n) is 3.71. The molecule has 0 aliphatic carbocycles. The Morgan fingerprint density at radius 1 is 1.07 bits per heavy atom. The lowest BCUT2D eigenvalue weighted by molar-refractivity contribution is 0.0937. The SMILES string of the molecule is Cc1ccc(C)c(Cn2c(C(C)NC(=O)c3cccc(Br)c3)nc3ccccc32)c1. The third-order valence-electron chi connectivity index (χ3n) is 5.34. The van der Waals surface area contributed by atoms with E-state index < -0.39 is 0 Å². The number of carbonyl (C=O) groups is 1. The van der Waals surface area contributed by atoms with Crippen molar-refractivity contribution in [2.24, 2.45) is 0 Å². The van der Waals surface area contributed by atoms with E-state index in [1.807, 2.05) is 49.4 Å². The van der Waals surface area contributed by atoms with Gasteiger partial charge in [0.25, 0.3) is 5.91 Å². The minimum absolute atomic E-state index is 0.117. The molecule has 1 unspecified atom stereocenters. The molecule has 5 heteroatoms. The van der Waals surface area contributed by atoms with Gasteiger partial charge in [-0.2, -0.15) is 0 Å². The summed E-state index contributed by atoms with van der Waals surface area (Å²) in [5.74, 6) is 0.731. The number of hydrogen-bond acceptors (Lipinski definition) is 2. The fraction of sp³-hybridized carbons (Fsp3) is 0.200. The lowest BCUT2D eigenvalue weighted by Gasteiger charge is -2.18. The molecule has 0 saturated carbocycles. The molecule has 1 aromatic heterocycles. The van der Waals surface area contributed by atoms with Gasteiger partial charge in [0.1, 0.15) is 5.82 Å². The van der Waals surface area contributed by atoms with Crippen molar-refractivity contribution in [2.75, 3.05) is 0 Å². The Labute approximate surface area is 185 Å². The van der Waals surface area contributed by atoms with E-state index in [9.17, 15) is 4.79 Å². The van der Waals surface area contributed by atoms with Gasteiger partial charge in [0, 0.05) is 16.6 Å². The second kappa shape index (κ2) is 8.44. The van der Waals surface area contributed by atoms with Gasteiger partial charge >= 0.3 is 0 Å². The molecule has 4 rings (SSSR count). The van der Waals surface area contributed by atoms with E-state index in [1.165, 1.54) is 16.7 Å². The highest BCUT2D eigenvalue weighted by molar-refractivity contribution is 9.10. The van der Waals surface area contributed by atoms with Gasteiger partial charge in [0.15, 0.2) is 0 Å². The predicted octanol–water partition coefficient (Wildman–Crippen LogP) is 5.95. The van der Waals surface area contributed by atoms with Gasteiger partial charge in [-0.15, -0.1) is 0 Å². The first-order valence-corrected chi connectivity index (χ1v) is 10.8. The second-order valence-electron chi connectivity index (χ2n) is 7.68. The molecule has 0 aliphatic heterocycles. The molecule has 0 bridgehead atoms. The molecule has 152 valence electrons. The molecule has 0 saturated heterocycles. The van der Waals surface area contributed by atoms with Crippen LogP contribution in [0, 0.1) is 13.8 Å². The molecule has 4 aromatic rings. The number of halogens is 1. The second-order valence-corrected chi connectivity index (χ2v) is 8.60. The summed E-state index contributed by atoms with van der Waals surface area (Å²) in [6, 6.07) is 21.8. The number of aryl methyl sites for hydroxylation is 2. The minimum atomic E-state index is -0.242. The van der Waals surface area contributed by atoms with Crippen molar-refractivity contribution in [1.82, 2.24) is 14.9 Å². The topological polar surface area (TPSA) is 46.9 Å². The van der Waals surface area contributed by atoms with E-state index >= 15 is 0 Å². The van der Waals surface area contributed by atoms with Crippen molar-refractivity contribution >= 4 is 32.9 Å². The molecule has 1 atom stereocenters. The van der Waals surface area contributed by atoms with Crippen LogP contribution in [0.25, 0.3) is 11.0 Å². The molecule has 0 fully saturated rings. The van der Waals surface area contributed by atoms with Crippen LogP contribution in [0.15, 0.2) is 71.2 Å². The van der Waals surface area contributed by atoms with E-state index in [0.29, 0.717) is 12.1 Å². The van der Waals surface area contributed by atoms with Gasteiger partial charge in [-0.05, 0) is 62.2 Å². The van der Waals surface area contributed by atoms with Crippen molar-refractivity contribution in [2.45, 2.75) is 33.4 Å². The zero-order chi connectivity index (χ0) is 21.3. The van der Waals surface area contributed by atoms with Gasteiger partial charge in [0.2, 0.25) is 0 Å². The monoisotopic (exact) mass is 461 g/mol. The highest BCUT2D eigenvalue weighted by atomic mass is 79.9. The van der Waals surface area contributed by atoms with Crippen LogP contribution in [0.2, 0.25) is 0 Å². The molecule has 1 amide bonds. The van der Waals surface area contributed by atoms with Crippen molar-refractivity contribution < 1.29 is 4.79 Å². The smallest absolute Gasteiger partial charge is 0.251 e. The zero-order valence-electron chi connectivity index (χ0n) is 17.3. The minimum Gasteiger partial charge on any atom is -0.342 e. The molecule has 1 heterocycles. The number of nitrogens with zero attached hydrogens (tertiary/aromatic N) is 2. The Bertz CT molecular complexity index is 1230. The number of aromatic nitrogens is 2. The number of nitrogens with one attached hydrogen (secondary N) is 1. The Hall–Kier alpha value is -2.92. The third-order valence-corrected chi connectivity index (χ3v) is 5.83. The molecular weight excluding hydrogens is 438 g/mol. The summed E-state index contributed by atoms with van der Waals surface area (Å²) in [5, 5.41) is 3.11. The number of benzene rings is 3. The first-order chi connectivity index (χ1) is 14.4. The van der Waals surface area contributed by atoms with Gasteiger partial charge in [-0.1, -0.05) is 57.9 Å². The van der Waals surface area contributed by atoms with Crippen LogP contribution in [-0.2, 0) is 6.54 Å². The summed E-state index contributed by atoms with van der Waals surface area (Å²) in [5.41, 5.74) is 6.35. The maximum atomic E-state index is 12.8. The van der Waals surface area contributed by atoms with Crippen molar-refractivity contribution in [3.63, 3.8) is 0 Å². The quantitative estimate of drug-likeness (QED) is 0.398. The summed E-state index contributed by atoms with van der Waals surface area (Å²) in [6.07, 6.45) is 0. The molecule has 0 radical (unpaired) electrons. The lowest BCUT2D eigenvalue weighted by Crippen LogP contribution is -2.29. The van der Waals surface area contributed by atoms with Crippen molar-refractivity contribution in [1.29, 1.82) is 0 Å². The number of rotatable bonds is 5. The maximum Gasteiger partial charge on any atom is 0.251 e. The number of amides is 1. The summed E-state index contributed by atoms with van der Waals surface area (Å²) in [7, 11) is 0. The highest BCUT2D eigenvalue weighted by Gasteiger charge is 2.20.